The lowest BCUT2D eigenvalue weighted by Gasteiger charge is -2.28. The number of pyridine rings is 1. The van der Waals surface area contributed by atoms with E-state index < -0.39 is 0 Å². The van der Waals surface area contributed by atoms with Gasteiger partial charge >= 0.3 is 0 Å². The average Bonchev–Trinajstić information content (AvgIpc) is 3.98. The second kappa shape index (κ2) is 13.5. The zero-order valence-corrected chi connectivity index (χ0v) is 36.7. The van der Waals surface area contributed by atoms with Gasteiger partial charge in [0.25, 0.3) is 0 Å². The number of benzene rings is 6. The van der Waals surface area contributed by atoms with E-state index in [1.165, 1.54) is 59.0 Å². The highest BCUT2D eigenvalue weighted by Gasteiger charge is 2.36. The SMILES string of the molecule is Cc1cc(C(C)(C)C)cc(C)c1N1CN(c2cccc(Oc3ccc4c5ccc6sc7ccccc7c6c5n(-c5cc(C(C)(C)C)ccn5)c4c3)c2)c2oc3ccccc3c21. The first kappa shape index (κ1) is 37.4. The van der Waals surface area contributed by atoms with Gasteiger partial charge in [-0.2, -0.15) is 0 Å². The Morgan fingerprint density at radius 3 is 2.11 bits per heavy atom. The van der Waals surface area contributed by atoms with Crippen LogP contribution in [0.5, 0.6) is 11.5 Å². The van der Waals surface area contributed by atoms with Crippen LogP contribution in [0.2, 0.25) is 0 Å². The van der Waals surface area contributed by atoms with Crippen LogP contribution in [0.3, 0.4) is 0 Å². The van der Waals surface area contributed by atoms with E-state index in [0.717, 1.165) is 56.4 Å². The van der Waals surface area contributed by atoms with E-state index in [-0.39, 0.29) is 10.8 Å². The highest BCUT2D eigenvalue weighted by atomic mass is 32.1. The van der Waals surface area contributed by atoms with Crippen molar-refractivity contribution in [1.29, 1.82) is 0 Å². The third-order valence-electron chi connectivity index (χ3n) is 12.4. The normalized spacial score (nSPS) is 13.4. The second-order valence-electron chi connectivity index (χ2n) is 18.7. The van der Waals surface area contributed by atoms with Crippen LogP contribution < -0.4 is 14.5 Å². The lowest BCUT2D eigenvalue weighted by Crippen LogP contribution is -2.26. The van der Waals surface area contributed by atoms with Gasteiger partial charge < -0.3 is 14.1 Å². The number of aromatic nitrogens is 2. The number of aryl methyl sites for hydroxylation is 2. The minimum atomic E-state index is -0.0375. The summed E-state index contributed by atoms with van der Waals surface area (Å²) in [5.41, 5.74) is 11.5. The van der Waals surface area contributed by atoms with Crippen LogP contribution in [-0.4, -0.2) is 16.2 Å². The second-order valence-corrected chi connectivity index (χ2v) is 19.7. The summed E-state index contributed by atoms with van der Waals surface area (Å²) < 4.78 is 18.4. The van der Waals surface area contributed by atoms with E-state index in [1.807, 2.05) is 29.7 Å². The van der Waals surface area contributed by atoms with Crippen molar-refractivity contribution in [3.63, 3.8) is 0 Å². The first-order chi connectivity index (χ1) is 29.3. The lowest BCUT2D eigenvalue weighted by atomic mass is 9.84. The molecule has 4 aromatic heterocycles. The van der Waals surface area contributed by atoms with Gasteiger partial charge in [0.1, 0.15) is 35.3 Å². The molecule has 0 amide bonds. The summed E-state index contributed by atoms with van der Waals surface area (Å²) in [5, 5.41) is 5.98. The molecule has 0 saturated carbocycles. The van der Waals surface area contributed by atoms with Gasteiger partial charge in [0, 0.05) is 66.0 Å². The van der Waals surface area contributed by atoms with Crippen LogP contribution in [0, 0.1) is 13.8 Å². The number of para-hydroxylation sites is 1. The Bertz CT molecular complexity index is 3370. The summed E-state index contributed by atoms with van der Waals surface area (Å²) in [6.45, 7) is 18.7. The Balaban J connectivity index is 1.02. The third-order valence-corrected chi connectivity index (χ3v) is 13.6. The van der Waals surface area contributed by atoms with Crippen molar-refractivity contribution >= 4 is 87.2 Å². The van der Waals surface area contributed by atoms with E-state index >= 15 is 0 Å². The van der Waals surface area contributed by atoms with Gasteiger partial charge in [-0.25, -0.2) is 4.98 Å². The topological polar surface area (TPSA) is 46.7 Å². The molecule has 6 aromatic carbocycles. The maximum absolute atomic E-state index is 6.83. The highest BCUT2D eigenvalue weighted by molar-refractivity contribution is 7.26. The van der Waals surface area contributed by atoms with Crippen LogP contribution in [0.1, 0.15) is 63.8 Å². The van der Waals surface area contributed by atoms with Crippen LogP contribution in [0.25, 0.3) is 58.8 Å². The maximum atomic E-state index is 6.83. The Hall–Kier alpha value is -6.57. The Kier molecular flexibility index (Phi) is 8.26. The Labute approximate surface area is 360 Å². The number of nitrogens with zero attached hydrogens (tertiary/aromatic N) is 4. The van der Waals surface area contributed by atoms with E-state index in [9.17, 15) is 0 Å². The van der Waals surface area contributed by atoms with Gasteiger partial charge in [0.2, 0.25) is 5.88 Å². The van der Waals surface area contributed by atoms with E-state index in [4.69, 9.17) is 14.1 Å². The molecule has 0 bridgehead atoms. The monoisotopic (exact) mass is 816 g/mol. The number of thiophene rings is 1. The molecule has 0 N–H and O–H groups in total. The minimum absolute atomic E-state index is 0.0375. The van der Waals surface area contributed by atoms with E-state index in [2.05, 4.69) is 185 Å². The fourth-order valence-electron chi connectivity index (χ4n) is 9.39. The number of hydrogen-bond acceptors (Lipinski definition) is 6. The molecule has 5 heterocycles. The molecule has 0 atom stereocenters. The largest absolute Gasteiger partial charge is 0.457 e. The van der Waals surface area contributed by atoms with Crippen LogP contribution in [0.4, 0.5) is 22.9 Å². The molecule has 0 fully saturated rings. The van der Waals surface area contributed by atoms with E-state index in [0.29, 0.717) is 6.67 Å². The quantitative estimate of drug-likeness (QED) is 0.173. The van der Waals surface area contributed by atoms with Crippen molar-refractivity contribution < 1.29 is 9.15 Å². The van der Waals surface area contributed by atoms with Gasteiger partial charge in [0.15, 0.2) is 0 Å². The lowest BCUT2D eigenvalue weighted by molar-refractivity contribution is 0.483. The summed E-state index contributed by atoms with van der Waals surface area (Å²) in [7, 11) is 0. The number of furan rings is 1. The van der Waals surface area contributed by atoms with Crippen molar-refractivity contribution in [3.8, 4) is 17.3 Å². The predicted octanol–water partition coefficient (Wildman–Crippen LogP) is 15.5. The zero-order valence-electron chi connectivity index (χ0n) is 35.9. The first-order valence-electron chi connectivity index (χ1n) is 21.1. The number of anilines is 4. The zero-order chi connectivity index (χ0) is 41.9. The van der Waals surface area contributed by atoms with Crippen molar-refractivity contribution in [1.82, 2.24) is 9.55 Å². The molecule has 6 nitrogen and oxygen atoms in total. The molecule has 0 unspecified atom stereocenters. The van der Waals surface area contributed by atoms with Gasteiger partial charge in [-0.3, -0.25) is 9.47 Å². The molecule has 0 saturated heterocycles. The van der Waals surface area contributed by atoms with Crippen molar-refractivity contribution in [2.24, 2.45) is 0 Å². The summed E-state index contributed by atoms with van der Waals surface area (Å²) in [6.07, 6.45) is 1.95. The van der Waals surface area contributed by atoms with Crippen molar-refractivity contribution in [2.45, 2.75) is 66.2 Å². The minimum Gasteiger partial charge on any atom is -0.457 e. The molecule has 7 heteroatoms. The highest BCUT2D eigenvalue weighted by Crippen LogP contribution is 2.52. The van der Waals surface area contributed by atoms with Gasteiger partial charge in [0.05, 0.1) is 11.0 Å². The number of hydrogen-bond donors (Lipinski definition) is 0. The van der Waals surface area contributed by atoms with Crippen molar-refractivity contribution in [3.05, 3.63) is 156 Å². The summed E-state index contributed by atoms with van der Waals surface area (Å²) >= 11 is 1.84. The molecule has 61 heavy (non-hydrogen) atoms. The predicted molar refractivity (Wildman–Crippen MR) is 257 cm³/mol. The van der Waals surface area contributed by atoms with Crippen LogP contribution in [-0.2, 0) is 10.8 Å². The maximum Gasteiger partial charge on any atom is 0.226 e. The Morgan fingerprint density at radius 2 is 1.33 bits per heavy atom. The third kappa shape index (κ3) is 6.00. The Morgan fingerprint density at radius 1 is 0.607 bits per heavy atom. The van der Waals surface area contributed by atoms with Gasteiger partial charge in [-0.15, -0.1) is 11.3 Å². The molecular formula is C54H48N4O2S. The van der Waals surface area contributed by atoms with Crippen LogP contribution in [0.15, 0.2) is 138 Å². The molecule has 10 aromatic rings. The molecule has 1 aliphatic rings. The molecule has 11 rings (SSSR count). The smallest absolute Gasteiger partial charge is 0.226 e. The fourth-order valence-corrected chi connectivity index (χ4v) is 10.5. The van der Waals surface area contributed by atoms with Gasteiger partial charge in [-0.05, 0) is 108 Å². The average molecular weight is 817 g/mol. The van der Waals surface area contributed by atoms with Crippen LogP contribution >= 0.6 is 11.3 Å². The molecule has 0 spiro atoms. The molecule has 0 aliphatic carbocycles. The molecule has 0 radical (unpaired) electrons. The number of fused-ring (bicyclic) bond motifs is 10. The molecule has 1 aliphatic heterocycles. The summed E-state index contributed by atoms with van der Waals surface area (Å²) in [5.74, 6) is 3.23. The van der Waals surface area contributed by atoms with Crippen molar-refractivity contribution in [2.75, 3.05) is 16.5 Å². The number of rotatable bonds is 5. The molecule has 302 valence electrons. The van der Waals surface area contributed by atoms with Gasteiger partial charge in [-0.1, -0.05) is 96.1 Å². The fraction of sp³-hybridized carbons (Fsp3) is 0.204. The standard InChI is InChI=1S/C54H48N4O2S/c1-32-26-35(54(6,7)8)27-33(2)49(32)57-31-56(52-51(57)41-16-9-11-18-44(41)60-52)36-14-13-15-37(29-36)59-38-20-21-39-40-22-23-46-48(42-17-10-12-19-45(42)61-46)50(40)58(43(39)30-38)47-28-34(24-25-55-47)53(3,4)5/h9-30H,31H2,1-8H3. The van der Waals surface area contributed by atoms with E-state index in [1.54, 1.807) is 0 Å². The number of ether oxygens (including phenoxy) is 1. The first-order valence-corrected chi connectivity index (χ1v) is 21.9. The molecular weight excluding hydrogens is 769 g/mol. The summed E-state index contributed by atoms with van der Waals surface area (Å²) in [4.78, 5) is 9.72. The summed E-state index contributed by atoms with van der Waals surface area (Å²) in [6, 6.07) is 45.5.